The predicted octanol–water partition coefficient (Wildman–Crippen LogP) is 5.09. The van der Waals surface area contributed by atoms with E-state index < -0.39 is 0 Å². The first kappa shape index (κ1) is 20.6. The van der Waals surface area contributed by atoms with Crippen LogP contribution in [0.5, 0.6) is 0 Å². The molecular formula is C25H34N2O. The molecule has 150 valence electrons. The summed E-state index contributed by atoms with van der Waals surface area (Å²) < 4.78 is 0. The lowest BCUT2D eigenvalue weighted by Crippen LogP contribution is -2.41. The number of hydrogen-bond acceptors (Lipinski definition) is 2. The van der Waals surface area contributed by atoms with Crippen LogP contribution in [0.25, 0.3) is 0 Å². The molecule has 0 saturated carbocycles. The Bertz CT molecular complexity index is 789. The van der Waals surface area contributed by atoms with Crippen molar-refractivity contribution < 1.29 is 4.79 Å². The molecule has 1 atom stereocenters. The van der Waals surface area contributed by atoms with Gasteiger partial charge < -0.3 is 5.32 Å². The largest absolute Gasteiger partial charge is 0.349 e. The first-order chi connectivity index (χ1) is 13.5. The predicted molar refractivity (Wildman–Crippen MR) is 116 cm³/mol. The quantitative estimate of drug-likeness (QED) is 0.759. The van der Waals surface area contributed by atoms with Gasteiger partial charge in [-0.05, 0) is 75.4 Å². The molecule has 1 saturated heterocycles. The average Bonchev–Trinajstić information content (AvgIpc) is 2.70. The molecule has 28 heavy (non-hydrogen) atoms. The van der Waals surface area contributed by atoms with Gasteiger partial charge >= 0.3 is 0 Å². The van der Waals surface area contributed by atoms with Crippen LogP contribution in [0, 0.1) is 26.7 Å². The van der Waals surface area contributed by atoms with Gasteiger partial charge in [0.2, 0.25) is 5.91 Å². The highest BCUT2D eigenvalue weighted by atomic mass is 16.1. The molecule has 2 aromatic carbocycles. The highest BCUT2D eigenvalue weighted by molar-refractivity contribution is 5.79. The maximum atomic E-state index is 12.9. The van der Waals surface area contributed by atoms with Crippen molar-refractivity contribution in [3.63, 3.8) is 0 Å². The van der Waals surface area contributed by atoms with E-state index >= 15 is 0 Å². The number of carbonyl (C=O) groups excluding carboxylic acids is 1. The van der Waals surface area contributed by atoms with Crippen molar-refractivity contribution in [2.75, 3.05) is 13.1 Å². The van der Waals surface area contributed by atoms with Gasteiger partial charge in [-0.25, -0.2) is 0 Å². The molecule has 1 N–H and O–H groups in total. The summed E-state index contributed by atoms with van der Waals surface area (Å²) in [6, 6.07) is 15.4. The van der Waals surface area contributed by atoms with E-state index in [1.165, 1.54) is 27.8 Å². The lowest BCUT2D eigenvalue weighted by Gasteiger charge is -2.32. The van der Waals surface area contributed by atoms with Crippen molar-refractivity contribution in [1.82, 2.24) is 10.2 Å². The van der Waals surface area contributed by atoms with Gasteiger partial charge in [0.15, 0.2) is 0 Å². The number of rotatable bonds is 6. The molecule has 0 aliphatic carbocycles. The topological polar surface area (TPSA) is 32.3 Å². The van der Waals surface area contributed by atoms with E-state index in [9.17, 15) is 4.79 Å². The van der Waals surface area contributed by atoms with Crippen LogP contribution in [-0.2, 0) is 11.3 Å². The number of piperidine rings is 1. The second-order valence-corrected chi connectivity index (χ2v) is 8.35. The Morgan fingerprint density at radius 2 is 1.71 bits per heavy atom. The van der Waals surface area contributed by atoms with E-state index in [-0.39, 0.29) is 17.9 Å². The van der Waals surface area contributed by atoms with Gasteiger partial charge in [-0.2, -0.15) is 0 Å². The van der Waals surface area contributed by atoms with Crippen LogP contribution in [0.4, 0.5) is 0 Å². The molecule has 0 spiro atoms. The van der Waals surface area contributed by atoms with E-state index in [0.717, 1.165) is 38.9 Å². The molecule has 0 unspecified atom stereocenters. The molecular weight excluding hydrogens is 344 g/mol. The third-order valence-corrected chi connectivity index (χ3v) is 6.14. The monoisotopic (exact) mass is 378 g/mol. The van der Waals surface area contributed by atoms with Crippen molar-refractivity contribution in [2.45, 2.75) is 59.5 Å². The zero-order valence-electron chi connectivity index (χ0n) is 17.8. The van der Waals surface area contributed by atoms with Gasteiger partial charge in [0, 0.05) is 12.5 Å². The number of nitrogens with one attached hydrogen (secondary N) is 1. The number of carbonyl (C=O) groups is 1. The summed E-state index contributed by atoms with van der Waals surface area (Å²) in [5, 5.41) is 3.31. The minimum atomic E-state index is 0.109. The summed E-state index contributed by atoms with van der Waals surface area (Å²) in [5.41, 5.74) is 6.46. The Balaban J connectivity index is 1.52. The lowest BCUT2D eigenvalue weighted by molar-refractivity contribution is -0.127. The molecule has 3 nitrogen and oxygen atoms in total. The normalized spacial score (nSPS) is 16.7. The molecule has 1 aliphatic heterocycles. The van der Waals surface area contributed by atoms with Crippen LogP contribution in [-0.4, -0.2) is 23.9 Å². The Morgan fingerprint density at radius 3 is 2.32 bits per heavy atom. The van der Waals surface area contributed by atoms with Crippen LogP contribution in [0.3, 0.4) is 0 Å². The van der Waals surface area contributed by atoms with Crippen LogP contribution >= 0.6 is 0 Å². The zero-order valence-corrected chi connectivity index (χ0v) is 17.8. The minimum Gasteiger partial charge on any atom is -0.349 e. The smallest absolute Gasteiger partial charge is 0.223 e. The molecule has 1 amide bonds. The molecule has 1 aliphatic rings. The first-order valence-electron chi connectivity index (χ1n) is 10.6. The van der Waals surface area contributed by atoms with Crippen LogP contribution in [0.1, 0.15) is 60.0 Å². The van der Waals surface area contributed by atoms with Gasteiger partial charge in [0.25, 0.3) is 0 Å². The molecule has 0 aromatic heterocycles. The van der Waals surface area contributed by atoms with Crippen molar-refractivity contribution in [1.29, 1.82) is 0 Å². The summed E-state index contributed by atoms with van der Waals surface area (Å²) >= 11 is 0. The molecule has 1 fully saturated rings. The highest BCUT2D eigenvalue weighted by Crippen LogP contribution is 2.23. The molecule has 2 aromatic rings. The SMILES string of the molecule is CC[C@H](NC(=O)C1CCN(Cc2ccc(C)cc2)CC1)c1ccc(C)c(C)c1. The second kappa shape index (κ2) is 9.38. The number of aryl methyl sites for hydroxylation is 3. The standard InChI is InChI=1S/C25H34N2O/c1-5-24(23-11-8-19(3)20(4)16-23)26-25(28)22-12-14-27(15-13-22)17-21-9-6-18(2)7-10-21/h6-11,16,22,24H,5,12-15,17H2,1-4H3,(H,26,28)/t24-/m0/s1. The maximum Gasteiger partial charge on any atom is 0.223 e. The number of likely N-dealkylation sites (tertiary alicyclic amines) is 1. The second-order valence-electron chi connectivity index (χ2n) is 8.35. The summed E-state index contributed by atoms with van der Waals surface area (Å²) in [5.74, 6) is 0.356. The van der Waals surface area contributed by atoms with E-state index in [1.807, 2.05) is 0 Å². The zero-order chi connectivity index (χ0) is 20.1. The number of hydrogen-bond donors (Lipinski definition) is 1. The fourth-order valence-electron chi connectivity index (χ4n) is 4.00. The molecule has 1 heterocycles. The Hall–Kier alpha value is -2.13. The maximum absolute atomic E-state index is 12.9. The average molecular weight is 379 g/mol. The van der Waals surface area contributed by atoms with Gasteiger partial charge in [-0.1, -0.05) is 55.0 Å². The van der Waals surface area contributed by atoms with E-state index in [2.05, 4.69) is 80.4 Å². The lowest BCUT2D eigenvalue weighted by atomic mass is 9.94. The summed E-state index contributed by atoms with van der Waals surface area (Å²) in [4.78, 5) is 15.3. The fourth-order valence-corrected chi connectivity index (χ4v) is 4.00. The molecule has 3 rings (SSSR count). The number of nitrogens with zero attached hydrogens (tertiary/aromatic N) is 1. The molecule has 3 heteroatoms. The van der Waals surface area contributed by atoms with E-state index in [0.29, 0.717) is 0 Å². The van der Waals surface area contributed by atoms with Crippen molar-refractivity contribution in [3.05, 3.63) is 70.3 Å². The number of benzene rings is 2. The van der Waals surface area contributed by atoms with Gasteiger partial charge in [-0.15, -0.1) is 0 Å². The van der Waals surface area contributed by atoms with Crippen LogP contribution in [0.2, 0.25) is 0 Å². The molecule has 0 bridgehead atoms. The van der Waals surface area contributed by atoms with Crippen molar-refractivity contribution >= 4 is 5.91 Å². The van der Waals surface area contributed by atoms with Crippen molar-refractivity contribution in [2.24, 2.45) is 5.92 Å². The van der Waals surface area contributed by atoms with Crippen LogP contribution in [0.15, 0.2) is 42.5 Å². The first-order valence-corrected chi connectivity index (χ1v) is 10.6. The Labute approximate surface area is 170 Å². The molecule has 0 radical (unpaired) electrons. The Kier molecular flexibility index (Phi) is 6.90. The third kappa shape index (κ3) is 5.23. The van der Waals surface area contributed by atoms with Gasteiger partial charge in [-0.3, -0.25) is 9.69 Å². The summed E-state index contributed by atoms with van der Waals surface area (Å²) in [6.45, 7) is 11.5. The summed E-state index contributed by atoms with van der Waals surface area (Å²) in [7, 11) is 0. The van der Waals surface area contributed by atoms with Gasteiger partial charge in [0.05, 0.1) is 6.04 Å². The van der Waals surface area contributed by atoms with Gasteiger partial charge in [0.1, 0.15) is 0 Å². The summed E-state index contributed by atoms with van der Waals surface area (Å²) in [6.07, 6.45) is 2.81. The third-order valence-electron chi connectivity index (χ3n) is 6.14. The van der Waals surface area contributed by atoms with E-state index in [4.69, 9.17) is 0 Å². The van der Waals surface area contributed by atoms with Crippen LogP contribution < -0.4 is 5.32 Å². The van der Waals surface area contributed by atoms with Crippen molar-refractivity contribution in [3.8, 4) is 0 Å². The minimum absolute atomic E-state index is 0.109. The fraction of sp³-hybridized carbons (Fsp3) is 0.480. The Morgan fingerprint density at radius 1 is 1.04 bits per heavy atom. The van der Waals surface area contributed by atoms with E-state index in [1.54, 1.807) is 0 Å². The highest BCUT2D eigenvalue weighted by Gasteiger charge is 2.26. The number of amides is 1.